The van der Waals surface area contributed by atoms with Gasteiger partial charge in [0.15, 0.2) is 0 Å². The van der Waals surface area contributed by atoms with Gasteiger partial charge in [-0.25, -0.2) is 0 Å². The molecule has 0 saturated heterocycles. The molecule has 0 amide bonds. The minimum atomic E-state index is -1.85. The lowest BCUT2D eigenvalue weighted by atomic mass is 10.1. The summed E-state index contributed by atoms with van der Waals surface area (Å²) in [6, 6.07) is 3.67. The molecule has 0 bridgehead atoms. The second-order valence-corrected chi connectivity index (χ2v) is 5.93. The van der Waals surface area contributed by atoms with Crippen LogP contribution in [0.2, 0.25) is 0 Å². The van der Waals surface area contributed by atoms with Crippen molar-refractivity contribution in [1.82, 2.24) is 4.57 Å². The lowest BCUT2D eigenvalue weighted by Gasteiger charge is -2.19. The van der Waals surface area contributed by atoms with Crippen LogP contribution in [-0.4, -0.2) is 14.1 Å². The van der Waals surface area contributed by atoms with E-state index in [1.165, 1.54) is 0 Å². The maximum atomic E-state index is 11.8. The third-order valence-electron chi connectivity index (χ3n) is 2.63. The Morgan fingerprint density at radius 1 is 1.27 bits per heavy atom. The van der Waals surface area contributed by atoms with E-state index < -0.39 is 9.58 Å². The van der Waals surface area contributed by atoms with Crippen LogP contribution in [-0.2, 0) is 13.0 Å². The maximum absolute atomic E-state index is 11.8. The zero-order valence-electron chi connectivity index (χ0n) is 7.97. The van der Waals surface area contributed by atoms with Gasteiger partial charge in [0.1, 0.15) is 0 Å². The molecule has 2 nitrogen and oxygen atoms in total. The van der Waals surface area contributed by atoms with Crippen molar-refractivity contribution in [3.8, 4) is 0 Å². The number of hydrogen-bond donors (Lipinski definition) is 0. The summed E-state index contributed by atoms with van der Waals surface area (Å²) < 4.78 is 0.0975. The summed E-state index contributed by atoms with van der Waals surface area (Å²) in [5.74, 6) is -0.444. The molecule has 0 aromatic carbocycles. The Kier molecular flexibility index (Phi) is 3.02. The quantitative estimate of drug-likeness (QED) is 0.564. The van der Waals surface area contributed by atoms with Crippen LogP contribution in [0.1, 0.15) is 29.0 Å². The van der Waals surface area contributed by atoms with Gasteiger partial charge in [0.25, 0.3) is 3.79 Å². The molecule has 1 aromatic heterocycles. The van der Waals surface area contributed by atoms with Gasteiger partial charge in [-0.05, 0) is 31.4 Å². The van der Waals surface area contributed by atoms with E-state index in [1.807, 2.05) is 10.6 Å². The summed E-state index contributed by atoms with van der Waals surface area (Å²) in [5.41, 5.74) is 1.66. The van der Waals surface area contributed by atoms with Crippen LogP contribution in [0.4, 0.5) is 0 Å². The molecule has 0 saturated carbocycles. The van der Waals surface area contributed by atoms with Crippen molar-refractivity contribution < 1.29 is 4.79 Å². The van der Waals surface area contributed by atoms with Gasteiger partial charge in [-0.15, -0.1) is 0 Å². The number of Topliss-reactive ketones (excluding diaryl/α,β-unsaturated/α-hetero) is 1. The first-order chi connectivity index (χ1) is 7.00. The lowest BCUT2D eigenvalue weighted by Crippen LogP contribution is -2.24. The fourth-order valence-corrected chi connectivity index (χ4v) is 2.20. The van der Waals surface area contributed by atoms with E-state index in [9.17, 15) is 4.79 Å². The smallest absolute Gasteiger partial charge is 0.255 e. The number of alkyl halides is 3. The van der Waals surface area contributed by atoms with E-state index in [1.54, 1.807) is 6.07 Å². The van der Waals surface area contributed by atoms with Crippen LogP contribution in [0.25, 0.3) is 0 Å². The normalized spacial score (nSPS) is 16.2. The Hall–Kier alpha value is -0.180. The van der Waals surface area contributed by atoms with Crippen LogP contribution < -0.4 is 0 Å². The molecule has 2 rings (SSSR count). The van der Waals surface area contributed by atoms with E-state index in [-0.39, 0.29) is 0 Å². The zero-order chi connectivity index (χ0) is 11.1. The van der Waals surface area contributed by atoms with Crippen molar-refractivity contribution in [2.24, 2.45) is 0 Å². The summed E-state index contributed by atoms with van der Waals surface area (Å²) >= 11 is 16.8. The zero-order valence-corrected chi connectivity index (χ0v) is 10.2. The van der Waals surface area contributed by atoms with Gasteiger partial charge in [0.2, 0.25) is 5.78 Å². The van der Waals surface area contributed by atoms with Crippen LogP contribution >= 0.6 is 34.8 Å². The lowest BCUT2D eigenvalue weighted by molar-refractivity contribution is 0.0986. The van der Waals surface area contributed by atoms with Crippen molar-refractivity contribution in [3.05, 3.63) is 23.5 Å². The standard InChI is InChI=1S/C10H10Cl3NO/c11-10(12,13)9(15)8-5-4-7-3-1-2-6-14(7)8/h4-5H,1-3,6H2. The summed E-state index contributed by atoms with van der Waals surface area (Å²) in [7, 11) is 0. The molecule has 5 heteroatoms. The van der Waals surface area contributed by atoms with Gasteiger partial charge < -0.3 is 4.57 Å². The van der Waals surface area contributed by atoms with E-state index in [0.29, 0.717) is 5.69 Å². The number of carbonyl (C=O) groups is 1. The third kappa shape index (κ3) is 2.17. The number of halogens is 3. The Labute approximate surface area is 103 Å². The molecule has 1 aliphatic rings. The molecular weight excluding hydrogens is 256 g/mol. The molecule has 0 aliphatic carbocycles. The topological polar surface area (TPSA) is 22.0 Å². The van der Waals surface area contributed by atoms with Crippen LogP contribution in [0.5, 0.6) is 0 Å². The van der Waals surface area contributed by atoms with Gasteiger partial charge in [0, 0.05) is 12.2 Å². The molecule has 0 unspecified atom stereocenters. The van der Waals surface area contributed by atoms with E-state index >= 15 is 0 Å². The third-order valence-corrected chi connectivity index (χ3v) is 3.14. The number of fused-ring (bicyclic) bond motifs is 1. The van der Waals surface area contributed by atoms with Crippen molar-refractivity contribution in [2.75, 3.05) is 0 Å². The molecule has 0 fully saturated rings. The number of rotatable bonds is 1. The van der Waals surface area contributed by atoms with Gasteiger partial charge >= 0.3 is 0 Å². The predicted molar refractivity (Wildman–Crippen MR) is 62.0 cm³/mol. The molecule has 0 radical (unpaired) electrons. The van der Waals surface area contributed by atoms with E-state index in [0.717, 1.165) is 31.5 Å². The molecule has 0 atom stereocenters. The second-order valence-electron chi connectivity index (χ2n) is 3.65. The predicted octanol–water partition coefficient (Wildman–Crippen LogP) is 3.38. The number of aryl methyl sites for hydroxylation is 1. The first-order valence-electron chi connectivity index (χ1n) is 4.80. The number of carbonyl (C=O) groups excluding carboxylic acids is 1. The summed E-state index contributed by atoms with van der Waals surface area (Å²) in [6.07, 6.45) is 3.22. The first kappa shape index (κ1) is 11.3. The van der Waals surface area contributed by atoms with Gasteiger partial charge in [-0.3, -0.25) is 4.79 Å². The highest BCUT2D eigenvalue weighted by molar-refractivity contribution is 6.77. The summed E-state index contributed by atoms with van der Waals surface area (Å²) in [5, 5.41) is 0. The number of hydrogen-bond acceptors (Lipinski definition) is 1. The van der Waals surface area contributed by atoms with Crippen molar-refractivity contribution >= 4 is 40.6 Å². The summed E-state index contributed by atoms with van der Waals surface area (Å²) in [6.45, 7) is 0.837. The average molecular weight is 267 g/mol. The maximum Gasteiger partial charge on any atom is 0.255 e. The highest BCUT2D eigenvalue weighted by atomic mass is 35.6. The SMILES string of the molecule is O=C(c1ccc2n1CCCC2)C(Cl)(Cl)Cl. The average Bonchev–Trinajstić information content (AvgIpc) is 2.58. The first-order valence-corrected chi connectivity index (χ1v) is 5.93. The molecule has 15 heavy (non-hydrogen) atoms. The highest BCUT2D eigenvalue weighted by Crippen LogP contribution is 2.32. The largest absolute Gasteiger partial charge is 0.342 e. The van der Waals surface area contributed by atoms with Crippen molar-refractivity contribution in [2.45, 2.75) is 29.6 Å². The highest BCUT2D eigenvalue weighted by Gasteiger charge is 2.34. The number of aromatic nitrogens is 1. The Bertz CT molecular complexity index is 392. The minimum Gasteiger partial charge on any atom is -0.342 e. The number of nitrogens with zero attached hydrogens (tertiary/aromatic N) is 1. The molecular formula is C10H10Cl3NO. The van der Waals surface area contributed by atoms with Crippen LogP contribution in [0, 0.1) is 0 Å². The molecule has 0 N–H and O–H groups in total. The van der Waals surface area contributed by atoms with Crippen LogP contribution in [0.15, 0.2) is 12.1 Å². The monoisotopic (exact) mass is 265 g/mol. The van der Waals surface area contributed by atoms with Gasteiger partial charge in [-0.1, -0.05) is 34.8 Å². The fourth-order valence-electron chi connectivity index (χ4n) is 1.91. The second kappa shape index (κ2) is 4.00. The number of ketones is 1. The molecule has 0 spiro atoms. The molecule has 82 valence electrons. The van der Waals surface area contributed by atoms with Gasteiger partial charge in [-0.2, -0.15) is 0 Å². The Morgan fingerprint density at radius 3 is 2.67 bits per heavy atom. The fraction of sp³-hybridized carbons (Fsp3) is 0.500. The van der Waals surface area contributed by atoms with E-state index in [2.05, 4.69) is 0 Å². The minimum absolute atomic E-state index is 0.444. The van der Waals surface area contributed by atoms with Gasteiger partial charge in [0.05, 0.1) is 5.69 Å². The van der Waals surface area contributed by atoms with Crippen molar-refractivity contribution in [3.63, 3.8) is 0 Å². The molecule has 2 heterocycles. The summed E-state index contributed by atoms with van der Waals surface area (Å²) in [4.78, 5) is 11.8. The van der Waals surface area contributed by atoms with E-state index in [4.69, 9.17) is 34.8 Å². The van der Waals surface area contributed by atoms with Crippen LogP contribution in [0.3, 0.4) is 0 Å². The molecule has 1 aliphatic heterocycles. The van der Waals surface area contributed by atoms with Crippen molar-refractivity contribution in [1.29, 1.82) is 0 Å². The Balaban J connectivity index is 2.37. The molecule has 1 aromatic rings. The Morgan fingerprint density at radius 2 is 2.00 bits per heavy atom.